The summed E-state index contributed by atoms with van der Waals surface area (Å²) in [6.45, 7) is 1.81. The lowest BCUT2D eigenvalue weighted by atomic mass is 9.92. The van der Waals surface area contributed by atoms with Gasteiger partial charge in [-0.3, -0.25) is 0 Å². The second-order valence-electron chi connectivity index (χ2n) is 4.74. The minimum atomic E-state index is -4.35. The number of hydrogen-bond donors (Lipinski definition) is 0. The normalized spacial score (nSPS) is 13.0. The summed E-state index contributed by atoms with van der Waals surface area (Å²) in [6, 6.07) is 9.43. The lowest BCUT2D eigenvalue weighted by Gasteiger charge is -2.15. The lowest BCUT2D eigenvalue weighted by molar-refractivity contribution is -0.137. The van der Waals surface area contributed by atoms with Crippen LogP contribution in [0.5, 0.6) is 5.75 Å². The molecule has 0 N–H and O–H groups in total. The van der Waals surface area contributed by atoms with E-state index in [-0.39, 0.29) is 11.7 Å². The smallest absolute Gasteiger partial charge is 0.416 e. The maximum atomic E-state index is 13.7. The Morgan fingerprint density at radius 3 is 2.00 bits per heavy atom. The summed E-state index contributed by atoms with van der Waals surface area (Å²) in [5, 5.41) is 0. The number of halogens is 4. The van der Waals surface area contributed by atoms with E-state index in [2.05, 4.69) is 0 Å². The van der Waals surface area contributed by atoms with Crippen LogP contribution in [-0.2, 0) is 6.18 Å². The zero-order valence-corrected chi connectivity index (χ0v) is 11.5. The molecule has 0 aliphatic heterocycles. The van der Waals surface area contributed by atoms with Gasteiger partial charge in [-0.2, -0.15) is 13.2 Å². The van der Waals surface area contributed by atoms with Crippen LogP contribution in [0.15, 0.2) is 42.5 Å². The summed E-state index contributed by atoms with van der Waals surface area (Å²) in [6.07, 6.45) is -4.35. The Bertz CT molecular complexity index is 617. The Labute approximate surface area is 120 Å². The SMILES string of the molecule is COc1ccc(C(C)c2ccc(C(F)(F)F)cc2)cc1F. The van der Waals surface area contributed by atoms with Crippen molar-refractivity contribution < 1.29 is 22.3 Å². The first-order valence-corrected chi connectivity index (χ1v) is 6.33. The Morgan fingerprint density at radius 1 is 0.952 bits per heavy atom. The molecule has 0 amide bonds. The highest BCUT2D eigenvalue weighted by Crippen LogP contribution is 2.32. The first-order valence-electron chi connectivity index (χ1n) is 6.33. The van der Waals surface area contributed by atoms with Crippen LogP contribution >= 0.6 is 0 Å². The number of ether oxygens (including phenoxy) is 1. The Morgan fingerprint density at radius 2 is 1.52 bits per heavy atom. The first kappa shape index (κ1) is 15.4. The topological polar surface area (TPSA) is 9.23 Å². The molecule has 0 saturated heterocycles. The maximum Gasteiger partial charge on any atom is 0.416 e. The van der Waals surface area contributed by atoms with E-state index < -0.39 is 17.6 Å². The molecule has 0 saturated carbocycles. The summed E-state index contributed by atoms with van der Waals surface area (Å²) in [5.41, 5.74) is 0.667. The van der Waals surface area contributed by atoms with E-state index in [0.717, 1.165) is 12.1 Å². The molecule has 21 heavy (non-hydrogen) atoms. The minimum Gasteiger partial charge on any atom is -0.494 e. The minimum absolute atomic E-state index is 0.137. The van der Waals surface area contributed by atoms with Crippen LogP contribution in [-0.4, -0.2) is 7.11 Å². The molecule has 2 aromatic rings. The second-order valence-corrected chi connectivity index (χ2v) is 4.74. The number of alkyl halides is 3. The van der Waals surface area contributed by atoms with Gasteiger partial charge in [-0.25, -0.2) is 4.39 Å². The van der Waals surface area contributed by atoms with Crippen molar-refractivity contribution in [1.82, 2.24) is 0 Å². The standard InChI is InChI=1S/C16H14F4O/c1-10(12-5-8-15(21-2)14(17)9-12)11-3-6-13(7-4-11)16(18,19)20/h3-10H,1-2H3. The van der Waals surface area contributed by atoms with Gasteiger partial charge in [-0.1, -0.05) is 25.1 Å². The molecule has 2 aromatic carbocycles. The van der Waals surface area contributed by atoms with E-state index in [1.165, 1.54) is 31.4 Å². The molecule has 0 aromatic heterocycles. The summed E-state index contributed by atoms with van der Waals surface area (Å²) >= 11 is 0. The van der Waals surface area contributed by atoms with E-state index >= 15 is 0 Å². The van der Waals surface area contributed by atoms with Gasteiger partial charge in [-0.05, 0) is 35.4 Å². The molecule has 112 valence electrons. The van der Waals surface area contributed by atoms with Crippen LogP contribution in [0.4, 0.5) is 17.6 Å². The van der Waals surface area contributed by atoms with Crippen molar-refractivity contribution in [3.63, 3.8) is 0 Å². The molecule has 0 fully saturated rings. The molecule has 1 unspecified atom stereocenters. The third-order valence-corrected chi connectivity index (χ3v) is 3.41. The second kappa shape index (κ2) is 5.76. The maximum absolute atomic E-state index is 13.7. The summed E-state index contributed by atoms with van der Waals surface area (Å²) in [7, 11) is 1.37. The fourth-order valence-corrected chi connectivity index (χ4v) is 2.11. The van der Waals surface area contributed by atoms with Gasteiger partial charge in [0.15, 0.2) is 11.6 Å². The molecule has 0 bridgehead atoms. The average Bonchev–Trinajstić information content (AvgIpc) is 2.45. The Kier molecular flexibility index (Phi) is 4.21. The van der Waals surface area contributed by atoms with E-state index in [1.807, 2.05) is 6.92 Å². The Balaban J connectivity index is 2.27. The van der Waals surface area contributed by atoms with E-state index in [1.54, 1.807) is 6.07 Å². The zero-order valence-electron chi connectivity index (χ0n) is 11.5. The van der Waals surface area contributed by atoms with Crippen molar-refractivity contribution in [2.75, 3.05) is 7.11 Å². The molecule has 0 radical (unpaired) electrons. The van der Waals surface area contributed by atoms with Gasteiger partial charge in [0.1, 0.15) is 0 Å². The molecule has 0 spiro atoms. The molecule has 5 heteroatoms. The van der Waals surface area contributed by atoms with Gasteiger partial charge in [0.2, 0.25) is 0 Å². The molecule has 0 aliphatic carbocycles. The van der Waals surface area contributed by atoms with Gasteiger partial charge in [0.25, 0.3) is 0 Å². The number of methoxy groups -OCH3 is 1. The van der Waals surface area contributed by atoms with Crippen molar-refractivity contribution in [3.05, 3.63) is 65.0 Å². The van der Waals surface area contributed by atoms with Crippen LogP contribution in [0, 0.1) is 5.82 Å². The van der Waals surface area contributed by atoms with Gasteiger partial charge in [-0.15, -0.1) is 0 Å². The molecular weight excluding hydrogens is 284 g/mol. The van der Waals surface area contributed by atoms with Crippen molar-refractivity contribution in [2.24, 2.45) is 0 Å². The van der Waals surface area contributed by atoms with Crippen molar-refractivity contribution in [2.45, 2.75) is 19.0 Å². The Hall–Kier alpha value is -2.04. The third kappa shape index (κ3) is 3.35. The van der Waals surface area contributed by atoms with Crippen LogP contribution < -0.4 is 4.74 Å². The van der Waals surface area contributed by atoms with Crippen molar-refractivity contribution in [3.8, 4) is 5.75 Å². The number of rotatable bonds is 3. The van der Waals surface area contributed by atoms with Gasteiger partial charge >= 0.3 is 6.18 Å². The molecule has 2 rings (SSSR count). The largest absolute Gasteiger partial charge is 0.494 e. The van der Waals surface area contributed by atoms with Gasteiger partial charge in [0, 0.05) is 5.92 Å². The van der Waals surface area contributed by atoms with Gasteiger partial charge < -0.3 is 4.74 Å². The molecule has 0 aliphatic rings. The molecule has 1 atom stereocenters. The first-order chi connectivity index (χ1) is 9.82. The van der Waals surface area contributed by atoms with Crippen LogP contribution in [0.25, 0.3) is 0 Å². The van der Waals surface area contributed by atoms with Crippen molar-refractivity contribution >= 4 is 0 Å². The fraction of sp³-hybridized carbons (Fsp3) is 0.250. The van der Waals surface area contributed by atoms with Crippen LogP contribution in [0.1, 0.15) is 29.5 Å². The quantitative estimate of drug-likeness (QED) is 0.724. The molecule has 0 heterocycles. The summed E-state index contributed by atoms with van der Waals surface area (Å²) < 4.78 is 56.1. The lowest BCUT2D eigenvalue weighted by Crippen LogP contribution is -2.05. The van der Waals surface area contributed by atoms with E-state index in [9.17, 15) is 17.6 Å². The van der Waals surface area contributed by atoms with Crippen LogP contribution in [0.2, 0.25) is 0 Å². The number of benzene rings is 2. The fourth-order valence-electron chi connectivity index (χ4n) is 2.11. The van der Waals surface area contributed by atoms with E-state index in [0.29, 0.717) is 11.1 Å². The predicted octanol–water partition coefficient (Wildman–Crippen LogP) is 5.00. The number of hydrogen-bond acceptors (Lipinski definition) is 1. The highest BCUT2D eigenvalue weighted by atomic mass is 19.4. The zero-order chi connectivity index (χ0) is 15.6. The third-order valence-electron chi connectivity index (χ3n) is 3.41. The average molecular weight is 298 g/mol. The highest BCUT2D eigenvalue weighted by Gasteiger charge is 2.30. The van der Waals surface area contributed by atoms with Crippen molar-refractivity contribution in [1.29, 1.82) is 0 Å². The molecule has 1 nitrogen and oxygen atoms in total. The van der Waals surface area contributed by atoms with Crippen LogP contribution in [0.3, 0.4) is 0 Å². The van der Waals surface area contributed by atoms with E-state index in [4.69, 9.17) is 4.74 Å². The predicted molar refractivity (Wildman–Crippen MR) is 71.9 cm³/mol. The van der Waals surface area contributed by atoms with Gasteiger partial charge in [0.05, 0.1) is 12.7 Å². The summed E-state index contributed by atoms with van der Waals surface area (Å²) in [4.78, 5) is 0. The molecular formula is C16H14F4O. The summed E-state index contributed by atoms with van der Waals surface area (Å²) in [5.74, 6) is -0.570. The monoisotopic (exact) mass is 298 g/mol. The highest BCUT2D eigenvalue weighted by molar-refractivity contribution is 5.37.